The van der Waals surface area contributed by atoms with Crippen molar-refractivity contribution in [3.63, 3.8) is 0 Å². The predicted molar refractivity (Wildman–Crippen MR) is 94.6 cm³/mol. The Morgan fingerprint density at radius 3 is 2.87 bits per heavy atom. The van der Waals surface area contributed by atoms with E-state index in [2.05, 4.69) is 50.6 Å². The van der Waals surface area contributed by atoms with Gasteiger partial charge in [-0.15, -0.1) is 0 Å². The maximum Gasteiger partial charge on any atom is 0.105 e. The zero-order valence-corrected chi connectivity index (χ0v) is 14.8. The zero-order chi connectivity index (χ0) is 16.2. The van der Waals surface area contributed by atoms with E-state index in [1.165, 1.54) is 17.3 Å². The highest BCUT2D eigenvalue weighted by molar-refractivity contribution is 7.00. The van der Waals surface area contributed by atoms with Crippen LogP contribution in [0.2, 0.25) is 0 Å². The van der Waals surface area contributed by atoms with Crippen LogP contribution >= 0.6 is 11.7 Å². The minimum absolute atomic E-state index is 0.267. The molecule has 0 saturated carbocycles. The van der Waals surface area contributed by atoms with E-state index in [0.29, 0.717) is 12.0 Å². The largest absolute Gasteiger partial charge is 0.396 e. The number of aliphatic hydroxyl groups excluding tert-OH is 1. The van der Waals surface area contributed by atoms with Gasteiger partial charge in [0.1, 0.15) is 11.0 Å². The first-order valence-corrected chi connectivity index (χ1v) is 9.17. The van der Waals surface area contributed by atoms with Crippen LogP contribution in [-0.4, -0.2) is 62.5 Å². The first-order valence-electron chi connectivity index (χ1n) is 8.44. The number of nitrogens with zero attached hydrogens (tertiary/aromatic N) is 4. The Morgan fingerprint density at radius 2 is 2.09 bits per heavy atom. The molecule has 2 heterocycles. The van der Waals surface area contributed by atoms with Gasteiger partial charge < -0.3 is 5.11 Å². The lowest BCUT2D eigenvalue weighted by Gasteiger charge is -2.42. The van der Waals surface area contributed by atoms with Crippen LogP contribution in [-0.2, 0) is 6.54 Å². The molecule has 1 atom stereocenters. The molecule has 1 fully saturated rings. The minimum Gasteiger partial charge on any atom is -0.396 e. The maximum absolute atomic E-state index is 9.38. The van der Waals surface area contributed by atoms with Crippen LogP contribution < -0.4 is 0 Å². The van der Waals surface area contributed by atoms with Gasteiger partial charge in [-0.1, -0.05) is 19.9 Å². The molecule has 1 N–H and O–H groups in total. The second-order valence-electron chi connectivity index (χ2n) is 6.88. The van der Waals surface area contributed by atoms with Crippen molar-refractivity contribution in [3.05, 3.63) is 23.8 Å². The SMILES string of the molecule is CC(C)CN1CCN(Cc2ccc3nsnc3c2)CC1CCO. The Hall–Kier alpha value is -1.08. The summed E-state index contributed by atoms with van der Waals surface area (Å²) < 4.78 is 8.60. The molecule has 1 saturated heterocycles. The molecule has 2 aromatic rings. The molecule has 1 aromatic heterocycles. The molecule has 3 rings (SSSR count). The van der Waals surface area contributed by atoms with Crippen molar-refractivity contribution in [2.24, 2.45) is 5.92 Å². The summed E-state index contributed by atoms with van der Waals surface area (Å²) in [5, 5.41) is 9.38. The van der Waals surface area contributed by atoms with Gasteiger partial charge in [-0.05, 0) is 30.0 Å². The lowest BCUT2D eigenvalue weighted by Crippen LogP contribution is -2.53. The minimum atomic E-state index is 0.267. The molecule has 5 nitrogen and oxygen atoms in total. The summed E-state index contributed by atoms with van der Waals surface area (Å²) in [4.78, 5) is 5.04. The van der Waals surface area contributed by atoms with Gasteiger partial charge in [-0.3, -0.25) is 9.80 Å². The fraction of sp³-hybridized carbons (Fsp3) is 0.647. The molecule has 1 aliphatic heterocycles. The lowest BCUT2D eigenvalue weighted by molar-refractivity contribution is 0.0477. The van der Waals surface area contributed by atoms with Gasteiger partial charge in [0.15, 0.2) is 0 Å². The highest BCUT2D eigenvalue weighted by Crippen LogP contribution is 2.19. The van der Waals surface area contributed by atoms with Crippen LogP contribution in [0.25, 0.3) is 11.0 Å². The Bertz CT molecular complexity index is 630. The van der Waals surface area contributed by atoms with Gasteiger partial charge in [0, 0.05) is 45.4 Å². The molecular weight excluding hydrogens is 308 g/mol. The van der Waals surface area contributed by atoms with Crippen molar-refractivity contribution in [1.82, 2.24) is 18.5 Å². The molecule has 1 aromatic carbocycles. The van der Waals surface area contributed by atoms with Gasteiger partial charge in [0.2, 0.25) is 0 Å². The quantitative estimate of drug-likeness (QED) is 0.878. The van der Waals surface area contributed by atoms with E-state index < -0.39 is 0 Å². The van der Waals surface area contributed by atoms with E-state index >= 15 is 0 Å². The lowest BCUT2D eigenvalue weighted by atomic mass is 10.1. The summed E-state index contributed by atoms with van der Waals surface area (Å²) >= 11 is 1.27. The molecular formula is C17H26N4OS. The molecule has 126 valence electrons. The van der Waals surface area contributed by atoms with E-state index in [-0.39, 0.29) is 6.61 Å². The average molecular weight is 334 g/mol. The number of aliphatic hydroxyl groups is 1. The molecule has 23 heavy (non-hydrogen) atoms. The first-order chi connectivity index (χ1) is 11.2. The van der Waals surface area contributed by atoms with Crippen molar-refractivity contribution in [2.75, 3.05) is 32.8 Å². The Labute approximate surface area is 142 Å². The monoisotopic (exact) mass is 334 g/mol. The number of hydrogen-bond donors (Lipinski definition) is 1. The van der Waals surface area contributed by atoms with Crippen LogP contribution in [0.4, 0.5) is 0 Å². The zero-order valence-electron chi connectivity index (χ0n) is 14.0. The Kier molecular flexibility index (Phi) is 5.58. The fourth-order valence-corrected chi connectivity index (χ4v) is 3.93. The van der Waals surface area contributed by atoms with E-state index in [4.69, 9.17) is 0 Å². The third kappa shape index (κ3) is 4.26. The Balaban J connectivity index is 1.64. The molecule has 0 bridgehead atoms. The normalized spacial score (nSPS) is 20.6. The first kappa shape index (κ1) is 16.8. The van der Waals surface area contributed by atoms with Crippen LogP contribution in [0.15, 0.2) is 18.2 Å². The molecule has 1 aliphatic rings. The van der Waals surface area contributed by atoms with Gasteiger partial charge in [-0.2, -0.15) is 8.75 Å². The van der Waals surface area contributed by atoms with Gasteiger partial charge in [-0.25, -0.2) is 0 Å². The van der Waals surface area contributed by atoms with E-state index in [1.807, 2.05) is 0 Å². The van der Waals surface area contributed by atoms with Gasteiger partial charge >= 0.3 is 0 Å². The maximum atomic E-state index is 9.38. The summed E-state index contributed by atoms with van der Waals surface area (Å²) in [7, 11) is 0. The number of aromatic nitrogens is 2. The van der Waals surface area contributed by atoms with Crippen LogP contribution in [0.3, 0.4) is 0 Å². The standard InChI is InChI=1S/C17H26N4OS/c1-13(2)10-21-7-6-20(12-15(21)5-8-22)11-14-3-4-16-17(9-14)19-23-18-16/h3-4,9,13,15,22H,5-8,10-12H2,1-2H3. The molecule has 0 amide bonds. The summed E-state index contributed by atoms with van der Waals surface area (Å²) in [5.74, 6) is 0.669. The second kappa shape index (κ2) is 7.66. The fourth-order valence-electron chi connectivity index (χ4n) is 3.42. The van der Waals surface area contributed by atoms with Crippen molar-refractivity contribution in [1.29, 1.82) is 0 Å². The topological polar surface area (TPSA) is 52.5 Å². The van der Waals surface area contributed by atoms with Crippen LogP contribution in [0.5, 0.6) is 0 Å². The summed E-state index contributed by atoms with van der Waals surface area (Å²) in [5.41, 5.74) is 3.28. The molecule has 0 aliphatic carbocycles. The van der Waals surface area contributed by atoms with Gasteiger partial charge in [0.25, 0.3) is 0 Å². The number of hydrogen-bond acceptors (Lipinski definition) is 6. The molecule has 0 spiro atoms. The smallest absolute Gasteiger partial charge is 0.105 e. The Morgan fingerprint density at radius 1 is 1.26 bits per heavy atom. The number of fused-ring (bicyclic) bond motifs is 1. The van der Waals surface area contributed by atoms with Crippen molar-refractivity contribution in [3.8, 4) is 0 Å². The summed E-state index contributed by atoms with van der Waals surface area (Å²) in [6.07, 6.45) is 0.859. The second-order valence-corrected chi connectivity index (χ2v) is 7.41. The van der Waals surface area contributed by atoms with Crippen LogP contribution in [0.1, 0.15) is 25.8 Å². The summed E-state index contributed by atoms with van der Waals surface area (Å²) in [6, 6.07) is 6.83. The van der Waals surface area contributed by atoms with E-state index in [0.717, 1.165) is 50.2 Å². The van der Waals surface area contributed by atoms with Crippen LogP contribution in [0, 0.1) is 5.92 Å². The molecule has 1 unspecified atom stereocenters. The van der Waals surface area contributed by atoms with E-state index in [1.54, 1.807) is 0 Å². The highest BCUT2D eigenvalue weighted by Gasteiger charge is 2.26. The number of benzene rings is 1. The molecule has 0 radical (unpaired) electrons. The molecule has 6 heteroatoms. The highest BCUT2D eigenvalue weighted by atomic mass is 32.1. The van der Waals surface area contributed by atoms with Crippen molar-refractivity contribution >= 4 is 22.8 Å². The van der Waals surface area contributed by atoms with Crippen molar-refractivity contribution < 1.29 is 5.11 Å². The summed E-state index contributed by atoms with van der Waals surface area (Å²) in [6.45, 7) is 10.1. The van der Waals surface area contributed by atoms with E-state index in [9.17, 15) is 5.11 Å². The predicted octanol–water partition coefficient (Wildman–Crippen LogP) is 2.22. The van der Waals surface area contributed by atoms with Crippen molar-refractivity contribution in [2.45, 2.75) is 32.9 Å². The third-order valence-electron chi connectivity index (χ3n) is 4.48. The van der Waals surface area contributed by atoms with Gasteiger partial charge in [0.05, 0.1) is 11.7 Å². The third-order valence-corrected chi connectivity index (χ3v) is 5.03. The number of piperazine rings is 1. The number of rotatable bonds is 6. The average Bonchev–Trinajstić information content (AvgIpc) is 2.97.